The van der Waals surface area contributed by atoms with E-state index >= 15 is 0 Å². The Labute approximate surface area is 63.9 Å². The Morgan fingerprint density at radius 3 is 2.70 bits per heavy atom. The van der Waals surface area contributed by atoms with E-state index in [0.717, 1.165) is 5.56 Å². The van der Waals surface area contributed by atoms with E-state index in [0.29, 0.717) is 5.02 Å². The standard InChI is InChI=1S/C7H7ClO2/c8-7-4-2-1-3-6(7)5-10-9/h1-4,9H,5H2. The summed E-state index contributed by atoms with van der Waals surface area (Å²) in [6.07, 6.45) is 0. The number of hydrogen-bond donors (Lipinski definition) is 1. The summed E-state index contributed by atoms with van der Waals surface area (Å²) in [6, 6.07) is 7.19. The molecule has 1 aromatic rings. The van der Waals surface area contributed by atoms with Gasteiger partial charge in [0.2, 0.25) is 0 Å². The van der Waals surface area contributed by atoms with Gasteiger partial charge in [0.1, 0.15) is 6.61 Å². The lowest BCUT2D eigenvalue weighted by molar-refractivity contribution is -0.252. The van der Waals surface area contributed by atoms with Gasteiger partial charge >= 0.3 is 0 Å². The summed E-state index contributed by atoms with van der Waals surface area (Å²) in [5, 5.41) is 8.69. The van der Waals surface area contributed by atoms with Crippen LogP contribution in [-0.2, 0) is 11.5 Å². The number of hydrogen-bond acceptors (Lipinski definition) is 2. The number of rotatable bonds is 2. The molecule has 3 heteroatoms. The Bertz CT molecular complexity index is 213. The van der Waals surface area contributed by atoms with E-state index in [2.05, 4.69) is 4.89 Å². The molecule has 0 saturated heterocycles. The van der Waals surface area contributed by atoms with Gasteiger partial charge in [-0.1, -0.05) is 29.8 Å². The first kappa shape index (κ1) is 7.54. The highest BCUT2D eigenvalue weighted by atomic mass is 35.5. The Hall–Kier alpha value is -0.570. The van der Waals surface area contributed by atoms with Crippen LogP contribution in [0.2, 0.25) is 5.02 Å². The highest BCUT2D eigenvalue weighted by molar-refractivity contribution is 6.31. The van der Waals surface area contributed by atoms with Crippen LogP contribution in [0.3, 0.4) is 0 Å². The normalized spacial score (nSPS) is 9.80. The number of benzene rings is 1. The molecule has 0 spiro atoms. The van der Waals surface area contributed by atoms with Gasteiger partial charge in [-0.25, -0.2) is 4.89 Å². The van der Waals surface area contributed by atoms with Gasteiger partial charge in [-0.15, -0.1) is 0 Å². The van der Waals surface area contributed by atoms with Gasteiger partial charge in [-0.2, -0.15) is 0 Å². The van der Waals surface area contributed by atoms with Crippen LogP contribution in [0, 0.1) is 0 Å². The highest BCUT2D eigenvalue weighted by Gasteiger charge is 1.96. The largest absolute Gasteiger partial charge is 0.251 e. The SMILES string of the molecule is OOCc1ccccc1Cl. The lowest BCUT2D eigenvalue weighted by Crippen LogP contribution is -1.87. The molecule has 0 radical (unpaired) electrons. The molecule has 10 heavy (non-hydrogen) atoms. The summed E-state index contributed by atoms with van der Waals surface area (Å²) >= 11 is 5.71. The zero-order valence-corrected chi connectivity index (χ0v) is 6.01. The molecule has 0 heterocycles. The molecule has 1 N–H and O–H groups in total. The molecule has 0 bridgehead atoms. The van der Waals surface area contributed by atoms with E-state index in [1.807, 2.05) is 12.1 Å². The van der Waals surface area contributed by atoms with Crippen LogP contribution in [0.15, 0.2) is 24.3 Å². The summed E-state index contributed by atoms with van der Waals surface area (Å²) in [6.45, 7) is 0.139. The van der Waals surface area contributed by atoms with Gasteiger partial charge in [-0.05, 0) is 11.6 Å². The molecule has 54 valence electrons. The van der Waals surface area contributed by atoms with Crippen molar-refractivity contribution >= 4 is 11.6 Å². The third kappa shape index (κ3) is 1.70. The lowest BCUT2D eigenvalue weighted by atomic mass is 10.2. The molecule has 0 aromatic heterocycles. The summed E-state index contributed by atoms with van der Waals surface area (Å²) in [5.74, 6) is 0. The summed E-state index contributed by atoms with van der Waals surface area (Å²) in [4.78, 5) is 3.92. The van der Waals surface area contributed by atoms with Crippen LogP contribution in [0.5, 0.6) is 0 Å². The third-order valence-corrected chi connectivity index (χ3v) is 1.55. The van der Waals surface area contributed by atoms with E-state index in [1.165, 1.54) is 0 Å². The average Bonchev–Trinajstić information content (AvgIpc) is 1.94. The first-order valence-electron chi connectivity index (χ1n) is 2.84. The van der Waals surface area contributed by atoms with Crippen LogP contribution in [0.1, 0.15) is 5.56 Å². The van der Waals surface area contributed by atoms with Crippen molar-refractivity contribution in [3.8, 4) is 0 Å². The second-order valence-electron chi connectivity index (χ2n) is 1.86. The van der Waals surface area contributed by atoms with Crippen molar-refractivity contribution in [1.82, 2.24) is 0 Å². The van der Waals surface area contributed by atoms with Crippen molar-refractivity contribution in [1.29, 1.82) is 0 Å². The highest BCUT2D eigenvalue weighted by Crippen LogP contribution is 2.14. The van der Waals surface area contributed by atoms with Gasteiger partial charge in [0, 0.05) is 5.02 Å². The fourth-order valence-corrected chi connectivity index (χ4v) is 0.875. The predicted octanol–water partition coefficient (Wildman–Crippen LogP) is 2.33. The fourth-order valence-electron chi connectivity index (χ4n) is 0.685. The Morgan fingerprint density at radius 2 is 2.10 bits per heavy atom. The molecule has 0 aliphatic rings. The number of halogens is 1. The molecular weight excluding hydrogens is 152 g/mol. The zero-order valence-electron chi connectivity index (χ0n) is 5.25. The molecule has 1 aromatic carbocycles. The first-order valence-corrected chi connectivity index (χ1v) is 3.22. The van der Waals surface area contributed by atoms with Crippen LogP contribution < -0.4 is 0 Å². The molecule has 0 amide bonds. The molecule has 0 saturated carbocycles. The van der Waals surface area contributed by atoms with Gasteiger partial charge in [0.05, 0.1) is 0 Å². The zero-order chi connectivity index (χ0) is 7.40. The molecule has 0 fully saturated rings. The van der Waals surface area contributed by atoms with Crippen LogP contribution in [0.4, 0.5) is 0 Å². The molecule has 1 rings (SSSR count). The van der Waals surface area contributed by atoms with Gasteiger partial charge in [-0.3, -0.25) is 5.26 Å². The first-order chi connectivity index (χ1) is 4.84. The third-order valence-electron chi connectivity index (χ3n) is 1.18. The monoisotopic (exact) mass is 158 g/mol. The minimum Gasteiger partial charge on any atom is -0.251 e. The topological polar surface area (TPSA) is 29.5 Å². The second kappa shape index (κ2) is 3.56. The van der Waals surface area contributed by atoms with Gasteiger partial charge in [0.25, 0.3) is 0 Å². The van der Waals surface area contributed by atoms with E-state index in [1.54, 1.807) is 12.1 Å². The Morgan fingerprint density at radius 1 is 1.40 bits per heavy atom. The van der Waals surface area contributed by atoms with E-state index in [9.17, 15) is 0 Å². The quantitative estimate of drug-likeness (QED) is 0.529. The van der Waals surface area contributed by atoms with E-state index < -0.39 is 0 Å². The predicted molar refractivity (Wildman–Crippen MR) is 38.9 cm³/mol. The summed E-state index contributed by atoms with van der Waals surface area (Å²) in [5.41, 5.74) is 0.784. The van der Waals surface area contributed by atoms with Crippen LogP contribution in [-0.4, -0.2) is 5.26 Å². The van der Waals surface area contributed by atoms with Crippen molar-refractivity contribution in [2.75, 3.05) is 0 Å². The molecule has 2 nitrogen and oxygen atoms in total. The Kier molecular flexibility index (Phi) is 2.68. The summed E-state index contributed by atoms with van der Waals surface area (Å²) in [7, 11) is 0. The molecule has 0 aliphatic heterocycles. The van der Waals surface area contributed by atoms with Crippen molar-refractivity contribution in [3.63, 3.8) is 0 Å². The van der Waals surface area contributed by atoms with Gasteiger partial charge in [0.15, 0.2) is 0 Å². The molecular formula is C7H7ClO2. The van der Waals surface area contributed by atoms with Crippen molar-refractivity contribution in [2.45, 2.75) is 6.61 Å². The van der Waals surface area contributed by atoms with E-state index in [-0.39, 0.29) is 6.61 Å². The van der Waals surface area contributed by atoms with Crippen molar-refractivity contribution in [2.24, 2.45) is 0 Å². The Balaban J connectivity index is 2.81. The fraction of sp³-hybridized carbons (Fsp3) is 0.143. The van der Waals surface area contributed by atoms with Gasteiger partial charge < -0.3 is 0 Å². The minimum absolute atomic E-state index is 0.139. The maximum atomic E-state index is 8.09. The van der Waals surface area contributed by atoms with Crippen LogP contribution in [0.25, 0.3) is 0 Å². The van der Waals surface area contributed by atoms with Crippen molar-refractivity contribution in [3.05, 3.63) is 34.9 Å². The second-order valence-corrected chi connectivity index (χ2v) is 2.27. The van der Waals surface area contributed by atoms with Crippen molar-refractivity contribution < 1.29 is 10.1 Å². The molecule has 0 aliphatic carbocycles. The summed E-state index contributed by atoms with van der Waals surface area (Å²) < 4.78 is 0. The maximum absolute atomic E-state index is 8.09. The maximum Gasteiger partial charge on any atom is 0.108 e. The minimum atomic E-state index is 0.139. The smallest absolute Gasteiger partial charge is 0.108 e. The molecule has 0 atom stereocenters. The molecule has 0 unspecified atom stereocenters. The lowest BCUT2D eigenvalue weighted by Gasteiger charge is -1.98. The van der Waals surface area contributed by atoms with Crippen LogP contribution >= 0.6 is 11.6 Å². The average molecular weight is 159 g/mol. The van der Waals surface area contributed by atoms with E-state index in [4.69, 9.17) is 16.9 Å².